The van der Waals surface area contributed by atoms with Gasteiger partial charge in [-0.25, -0.2) is 0 Å². The van der Waals surface area contributed by atoms with E-state index < -0.39 is 0 Å². The highest BCUT2D eigenvalue weighted by Gasteiger charge is 2.44. The maximum atomic E-state index is 12.9. The Morgan fingerprint density at radius 1 is 1.25 bits per heavy atom. The summed E-state index contributed by atoms with van der Waals surface area (Å²) in [6.45, 7) is 3.66. The van der Waals surface area contributed by atoms with Crippen molar-refractivity contribution in [3.05, 3.63) is 0 Å². The van der Waals surface area contributed by atoms with Crippen LogP contribution in [-0.4, -0.2) is 42.2 Å². The Labute approximate surface area is 126 Å². The second kappa shape index (κ2) is 6.37. The zero-order chi connectivity index (χ0) is 14.0. The van der Waals surface area contributed by atoms with Crippen molar-refractivity contribution < 1.29 is 14.3 Å². The zero-order valence-electron chi connectivity index (χ0n) is 12.4. The molecule has 3 rings (SSSR count). The van der Waals surface area contributed by atoms with E-state index in [1.165, 1.54) is 11.5 Å². The fourth-order valence-corrected chi connectivity index (χ4v) is 5.28. The molecule has 3 saturated heterocycles. The van der Waals surface area contributed by atoms with Crippen LogP contribution in [0.25, 0.3) is 0 Å². The summed E-state index contributed by atoms with van der Waals surface area (Å²) in [4.78, 5) is 12.9. The molecule has 3 aliphatic heterocycles. The summed E-state index contributed by atoms with van der Waals surface area (Å²) in [5.41, 5.74) is 0.0188. The van der Waals surface area contributed by atoms with Crippen molar-refractivity contribution in [1.82, 2.24) is 0 Å². The molecular formula is C16H26O3S. The predicted octanol–water partition coefficient (Wildman–Crippen LogP) is 3.06. The van der Waals surface area contributed by atoms with Gasteiger partial charge in [0.2, 0.25) is 0 Å². The molecule has 3 aliphatic rings. The second-order valence-electron chi connectivity index (χ2n) is 6.45. The van der Waals surface area contributed by atoms with Crippen LogP contribution in [0.2, 0.25) is 0 Å². The lowest BCUT2D eigenvalue weighted by Crippen LogP contribution is -2.46. The van der Waals surface area contributed by atoms with Gasteiger partial charge in [0, 0.05) is 25.0 Å². The molecule has 3 atom stereocenters. The number of Topliss-reactive ketones (excluding diaryl/α,β-unsaturated/α-hetero) is 1. The lowest BCUT2D eigenvalue weighted by atomic mass is 9.76. The van der Waals surface area contributed by atoms with Crippen molar-refractivity contribution in [3.63, 3.8) is 0 Å². The molecule has 0 aromatic rings. The van der Waals surface area contributed by atoms with Crippen LogP contribution in [0.3, 0.4) is 0 Å². The van der Waals surface area contributed by atoms with Crippen molar-refractivity contribution >= 4 is 17.5 Å². The molecule has 3 heterocycles. The molecule has 0 aromatic heterocycles. The molecule has 3 fully saturated rings. The molecule has 0 aliphatic carbocycles. The Kier molecular flexibility index (Phi) is 4.73. The first kappa shape index (κ1) is 14.9. The van der Waals surface area contributed by atoms with Crippen molar-refractivity contribution in [3.8, 4) is 0 Å². The lowest BCUT2D eigenvalue weighted by Gasteiger charge is -2.43. The van der Waals surface area contributed by atoms with Gasteiger partial charge in [-0.1, -0.05) is 6.92 Å². The van der Waals surface area contributed by atoms with E-state index in [0.29, 0.717) is 5.78 Å². The van der Waals surface area contributed by atoms with Crippen LogP contribution in [0.5, 0.6) is 0 Å². The van der Waals surface area contributed by atoms with E-state index in [1.54, 1.807) is 0 Å². The predicted molar refractivity (Wildman–Crippen MR) is 81.1 cm³/mol. The number of thioether (sulfide) groups is 1. The van der Waals surface area contributed by atoms with Crippen LogP contribution in [0.15, 0.2) is 0 Å². The Morgan fingerprint density at radius 2 is 2.05 bits per heavy atom. The Hall–Kier alpha value is -0.0600. The summed E-state index contributed by atoms with van der Waals surface area (Å²) < 4.78 is 11.8. The summed E-state index contributed by atoms with van der Waals surface area (Å²) >= 11 is 2.02. The van der Waals surface area contributed by atoms with Gasteiger partial charge in [-0.05, 0) is 50.0 Å². The van der Waals surface area contributed by atoms with Gasteiger partial charge < -0.3 is 9.47 Å². The molecule has 0 saturated carbocycles. The molecule has 3 nitrogen and oxygen atoms in total. The van der Waals surface area contributed by atoms with E-state index in [9.17, 15) is 4.79 Å². The standard InChI is InChI=1S/C16H26O3S/c1-2-14-13(4-7-18-14)15(17)12-3-8-19-16(11-12)5-9-20-10-6-16/h12-14H,2-11H2,1H3. The van der Waals surface area contributed by atoms with Crippen LogP contribution >= 0.6 is 11.8 Å². The molecule has 0 N–H and O–H groups in total. The average molecular weight is 298 g/mol. The molecule has 3 unspecified atom stereocenters. The molecular weight excluding hydrogens is 272 g/mol. The minimum Gasteiger partial charge on any atom is -0.377 e. The molecule has 4 heteroatoms. The van der Waals surface area contributed by atoms with Crippen LogP contribution in [-0.2, 0) is 14.3 Å². The van der Waals surface area contributed by atoms with Gasteiger partial charge in [0.15, 0.2) is 0 Å². The number of ether oxygens (including phenoxy) is 2. The maximum Gasteiger partial charge on any atom is 0.141 e. The maximum absolute atomic E-state index is 12.9. The van der Waals surface area contributed by atoms with E-state index in [4.69, 9.17) is 9.47 Å². The monoisotopic (exact) mass is 298 g/mol. The molecule has 0 radical (unpaired) electrons. The highest BCUT2D eigenvalue weighted by atomic mass is 32.2. The number of hydrogen-bond donors (Lipinski definition) is 0. The third-order valence-electron chi connectivity index (χ3n) is 5.28. The van der Waals surface area contributed by atoms with E-state index >= 15 is 0 Å². The lowest BCUT2D eigenvalue weighted by molar-refractivity contribution is -0.143. The highest BCUT2D eigenvalue weighted by molar-refractivity contribution is 7.99. The molecule has 0 bridgehead atoms. The number of hydrogen-bond acceptors (Lipinski definition) is 4. The number of ketones is 1. The first-order valence-electron chi connectivity index (χ1n) is 8.11. The zero-order valence-corrected chi connectivity index (χ0v) is 13.3. The fraction of sp³-hybridized carbons (Fsp3) is 0.938. The first-order valence-corrected chi connectivity index (χ1v) is 9.26. The first-order chi connectivity index (χ1) is 9.74. The molecule has 20 heavy (non-hydrogen) atoms. The van der Waals surface area contributed by atoms with E-state index in [-0.39, 0.29) is 23.5 Å². The van der Waals surface area contributed by atoms with E-state index in [0.717, 1.165) is 51.7 Å². The smallest absolute Gasteiger partial charge is 0.141 e. The van der Waals surface area contributed by atoms with Crippen molar-refractivity contribution in [2.24, 2.45) is 11.8 Å². The number of carbonyl (C=O) groups is 1. The molecule has 0 aromatic carbocycles. The van der Waals surface area contributed by atoms with Gasteiger partial charge >= 0.3 is 0 Å². The van der Waals surface area contributed by atoms with E-state index in [1.807, 2.05) is 11.8 Å². The fourth-order valence-electron chi connectivity index (χ4n) is 4.04. The summed E-state index contributed by atoms with van der Waals surface area (Å²) in [7, 11) is 0. The molecule has 1 spiro atoms. The highest BCUT2D eigenvalue weighted by Crippen LogP contribution is 2.41. The quantitative estimate of drug-likeness (QED) is 0.802. The normalized spacial score (nSPS) is 37.1. The van der Waals surface area contributed by atoms with Gasteiger partial charge in [0.05, 0.1) is 11.7 Å². The molecule has 114 valence electrons. The van der Waals surface area contributed by atoms with Crippen LogP contribution in [0.1, 0.15) is 45.4 Å². The summed E-state index contributed by atoms with van der Waals surface area (Å²) in [6, 6.07) is 0. The summed E-state index contributed by atoms with van der Waals surface area (Å²) in [5.74, 6) is 3.21. The van der Waals surface area contributed by atoms with Gasteiger partial charge in [-0.15, -0.1) is 0 Å². The van der Waals surface area contributed by atoms with Crippen LogP contribution in [0.4, 0.5) is 0 Å². The Morgan fingerprint density at radius 3 is 2.80 bits per heavy atom. The largest absolute Gasteiger partial charge is 0.377 e. The minimum atomic E-state index is 0.0188. The van der Waals surface area contributed by atoms with Crippen molar-refractivity contribution in [2.45, 2.75) is 57.2 Å². The van der Waals surface area contributed by atoms with Gasteiger partial charge in [0.1, 0.15) is 5.78 Å². The number of rotatable bonds is 3. The van der Waals surface area contributed by atoms with E-state index in [2.05, 4.69) is 6.92 Å². The van der Waals surface area contributed by atoms with Crippen molar-refractivity contribution in [2.75, 3.05) is 24.7 Å². The Balaban J connectivity index is 1.65. The molecule has 0 amide bonds. The topological polar surface area (TPSA) is 35.5 Å². The average Bonchev–Trinajstić information content (AvgIpc) is 2.96. The van der Waals surface area contributed by atoms with Gasteiger partial charge in [0.25, 0.3) is 0 Å². The summed E-state index contributed by atoms with van der Waals surface area (Å²) in [6.07, 6.45) is 6.18. The SMILES string of the molecule is CCC1OCCC1C(=O)C1CCOC2(CCSCC2)C1. The van der Waals surface area contributed by atoms with Gasteiger partial charge in [-0.2, -0.15) is 11.8 Å². The second-order valence-corrected chi connectivity index (χ2v) is 7.67. The summed E-state index contributed by atoms with van der Waals surface area (Å²) in [5, 5.41) is 0. The third kappa shape index (κ3) is 2.93. The van der Waals surface area contributed by atoms with Crippen LogP contribution < -0.4 is 0 Å². The number of carbonyl (C=O) groups excluding carboxylic acids is 1. The third-order valence-corrected chi connectivity index (χ3v) is 6.26. The van der Waals surface area contributed by atoms with Crippen molar-refractivity contribution in [1.29, 1.82) is 0 Å². The minimum absolute atomic E-state index is 0.0188. The van der Waals surface area contributed by atoms with Crippen LogP contribution in [0, 0.1) is 11.8 Å². The Bertz CT molecular complexity index is 346. The van der Waals surface area contributed by atoms with Gasteiger partial charge in [-0.3, -0.25) is 4.79 Å².